The maximum Gasteiger partial charge on any atom is 0.341 e. The third kappa shape index (κ3) is 3.44. The van der Waals surface area contributed by atoms with Crippen molar-refractivity contribution in [2.24, 2.45) is 0 Å². The molecule has 5 heteroatoms. The molecule has 23 heavy (non-hydrogen) atoms. The summed E-state index contributed by atoms with van der Waals surface area (Å²) in [4.78, 5) is 12.1. The number of hydrogen-bond donors (Lipinski definition) is 0. The molecular formula is C18H13N3O2. The molecule has 0 bridgehead atoms. The van der Waals surface area contributed by atoms with E-state index in [1.807, 2.05) is 36.4 Å². The molecule has 0 fully saturated rings. The summed E-state index contributed by atoms with van der Waals surface area (Å²) in [5, 5.41) is 12.9. The number of aromatic nitrogens is 2. The van der Waals surface area contributed by atoms with Gasteiger partial charge in [-0.25, -0.2) is 9.48 Å². The fraction of sp³-hybridized carbons (Fsp3) is 0.0556. The molecule has 0 saturated carbocycles. The van der Waals surface area contributed by atoms with E-state index in [0.717, 1.165) is 11.3 Å². The number of carbonyl (C=O) groups is 1. The SMILES string of the molecule is N#Cc1ccc(COC(=O)c2cnn(-c3ccccc3)c2)cc1. The Balaban J connectivity index is 1.64. The van der Waals surface area contributed by atoms with Gasteiger partial charge in [-0.1, -0.05) is 30.3 Å². The number of hydrogen-bond acceptors (Lipinski definition) is 4. The summed E-state index contributed by atoms with van der Waals surface area (Å²) in [5.74, 6) is -0.434. The van der Waals surface area contributed by atoms with Gasteiger partial charge in [0, 0.05) is 6.20 Å². The number of esters is 1. The lowest BCUT2D eigenvalue weighted by molar-refractivity contribution is 0.0472. The van der Waals surface area contributed by atoms with Crippen LogP contribution in [0.4, 0.5) is 0 Å². The number of nitrogens with zero attached hydrogens (tertiary/aromatic N) is 3. The van der Waals surface area contributed by atoms with Crippen molar-refractivity contribution in [3.05, 3.63) is 83.7 Å². The summed E-state index contributed by atoms with van der Waals surface area (Å²) < 4.78 is 6.88. The third-order valence-corrected chi connectivity index (χ3v) is 3.29. The maximum atomic E-state index is 12.1. The van der Waals surface area contributed by atoms with Crippen molar-refractivity contribution in [1.82, 2.24) is 9.78 Å². The highest BCUT2D eigenvalue weighted by molar-refractivity contribution is 5.88. The quantitative estimate of drug-likeness (QED) is 0.695. The van der Waals surface area contributed by atoms with Crippen LogP contribution in [0.15, 0.2) is 67.0 Å². The van der Waals surface area contributed by atoms with E-state index < -0.39 is 5.97 Å². The highest BCUT2D eigenvalue weighted by Gasteiger charge is 2.11. The van der Waals surface area contributed by atoms with Gasteiger partial charge in [0.25, 0.3) is 0 Å². The zero-order valence-corrected chi connectivity index (χ0v) is 12.2. The number of para-hydroxylation sites is 1. The lowest BCUT2D eigenvalue weighted by Gasteiger charge is -2.03. The van der Waals surface area contributed by atoms with Gasteiger partial charge in [-0.05, 0) is 29.8 Å². The zero-order chi connectivity index (χ0) is 16.1. The maximum absolute atomic E-state index is 12.1. The first-order valence-electron chi connectivity index (χ1n) is 7.02. The number of ether oxygens (including phenoxy) is 1. The second-order valence-electron chi connectivity index (χ2n) is 4.89. The van der Waals surface area contributed by atoms with E-state index in [1.54, 1.807) is 35.1 Å². The highest BCUT2D eigenvalue weighted by atomic mass is 16.5. The summed E-state index contributed by atoms with van der Waals surface area (Å²) >= 11 is 0. The number of rotatable bonds is 4. The van der Waals surface area contributed by atoms with Crippen LogP contribution in [0.5, 0.6) is 0 Å². The van der Waals surface area contributed by atoms with Gasteiger partial charge in [0.2, 0.25) is 0 Å². The van der Waals surface area contributed by atoms with Crippen molar-refractivity contribution in [1.29, 1.82) is 5.26 Å². The average Bonchev–Trinajstić information content (AvgIpc) is 3.11. The van der Waals surface area contributed by atoms with Crippen LogP contribution in [0.1, 0.15) is 21.5 Å². The second kappa shape index (κ2) is 6.58. The average molecular weight is 303 g/mol. The lowest BCUT2D eigenvalue weighted by Crippen LogP contribution is -2.04. The molecule has 0 aliphatic heterocycles. The van der Waals surface area contributed by atoms with E-state index >= 15 is 0 Å². The first kappa shape index (κ1) is 14.5. The number of carbonyl (C=O) groups excluding carboxylic acids is 1. The third-order valence-electron chi connectivity index (χ3n) is 3.29. The summed E-state index contributed by atoms with van der Waals surface area (Å²) in [6.07, 6.45) is 3.12. The van der Waals surface area contributed by atoms with Gasteiger partial charge >= 0.3 is 5.97 Å². The van der Waals surface area contributed by atoms with Crippen LogP contribution < -0.4 is 0 Å². The molecule has 2 aromatic carbocycles. The monoisotopic (exact) mass is 303 g/mol. The van der Waals surface area contributed by atoms with Gasteiger partial charge in [0.15, 0.2) is 0 Å². The molecule has 3 aromatic rings. The molecule has 0 spiro atoms. The summed E-state index contributed by atoms with van der Waals surface area (Å²) in [7, 11) is 0. The minimum atomic E-state index is -0.434. The minimum absolute atomic E-state index is 0.154. The van der Waals surface area contributed by atoms with Crippen LogP contribution in [0.25, 0.3) is 5.69 Å². The van der Waals surface area contributed by atoms with Crippen molar-refractivity contribution in [2.75, 3.05) is 0 Å². The van der Waals surface area contributed by atoms with Gasteiger partial charge < -0.3 is 4.74 Å². The topological polar surface area (TPSA) is 67.9 Å². The molecule has 0 N–H and O–H groups in total. The van der Waals surface area contributed by atoms with Gasteiger partial charge in [-0.3, -0.25) is 0 Å². The molecule has 0 radical (unpaired) electrons. The van der Waals surface area contributed by atoms with Crippen LogP contribution in [0, 0.1) is 11.3 Å². The molecule has 5 nitrogen and oxygen atoms in total. The fourth-order valence-corrected chi connectivity index (χ4v) is 2.06. The molecule has 0 atom stereocenters. The van der Waals surface area contributed by atoms with Crippen LogP contribution in [0.3, 0.4) is 0 Å². The number of nitriles is 1. The van der Waals surface area contributed by atoms with Crippen molar-refractivity contribution >= 4 is 5.97 Å². The summed E-state index contributed by atoms with van der Waals surface area (Å²) in [6.45, 7) is 0.154. The largest absolute Gasteiger partial charge is 0.457 e. The molecule has 3 rings (SSSR count). The molecule has 0 unspecified atom stereocenters. The van der Waals surface area contributed by atoms with E-state index in [4.69, 9.17) is 10.00 Å². The first-order chi connectivity index (χ1) is 11.3. The summed E-state index contributed by atoms with van der Waals surface area (Å²) in [5.41, 5.74) is 2.66. The van der Waals surface area contributed by atoms with Crippen LogP contribution in [0.2, 0.25) is 0 Å². The fourth-order valence-electron chi connectivity index (χ4n) is 2.06. The van der Waals surface area contributed by atoms with Crippen LogP contribution >= 0.6 is 0 Å². The van der Waals surface area contributed by atoms with Crippen LogP contribution in [-0.2, 0) is 11.3 Å². The Bertz CT molecular complexity index is 846. The highest BCUT2D eigenvalue weighted by Crippen LogP contribution is 2.10. The van der Waals surface area contributed by atoms with Gasteiger partial charge in [-0.15, -0.1) is 0 Å². The second-order valence-corrected chi connectivity index (χ2v) is 4.89. The Morgan fingerprint density at radius 3 is 2.57 bits per heavy atom. The Kier molecular flexibility index (Phi) is 4.16. The van der Waals surface area contributed by atoms with E-state index in [9.17, 15) is 4.79 Å². The van der Waals surface area contributed by atoms with Crippen molar-refractivity contribution in [2.45, 2.75) is 6.61 Å². The smallest absolute Gasteiger partial charge is 0.341 e. The molecular weight excluding hydrogens is 290 g/mol. The van der Waals surface area contributed by atoms with E-state index in [1.165, 1.54) is 6.20 Å². The molecule has 0 aliphatic carbocycles. The molecule has 0 amide bonds. The minimum Gasteiger partial charge on any atom is -0.457 e. The Hall–Kier alpha value is -3.39. The summed E-state index contributed by atoms with van der Waals surface area (Å²) in [6, 6.07) is 18.5. The standard InChI is InChI=1S/C18H13N3O2/c19-10-14-6-8-15(9-7-14)13-23-18(22)16-11-20-21(12-16)17-4-2-1-3-5-17/h1-9,11-12H,13H2. The number of benzene rings is 2. The molecule has 0 saturated heterocycles. The zero-order valence-electron chi connectivity index (χ0n) is 12.2. The predicted octanol–water partition coefficient (Wildman–Crippen LogP) is 3.10. The van der Waals surface area contributed by atoms with Crippen molar-refractivity contribution < 1.29 is 9.53 Å². The Morgan fingerprint density at radius 2 is 1.87 bits per heavy atom. The van der Waals surface area contributed by atoms with Gasteiger partial charge in [0.1, 0.15) is 6.61 Å². The van der Waals surface area contributed by atoms with Crippen molar-refractivity contribution in [3.63, 3.8) is 0 Å². The lowest BCUT2D eigenvalue weighted by atomic mass is 10.2. The van der Waals surface area contributed by atoms with E-state index in [2.05, 4.69) is 5.10 Å². The van der Waals surface area contributed by atoms with Crippen molar-refractivity contribution in [3.8, 4) is 11.8 Å². The molecule has 112 valence electrons. The van der Waals surface area contributed by atoms with Gasteiger partial charge in [0.05, 0.1) is 29.1 Å². The molecule has 0 aliphatic rings. The Labute approximate surface area is 133 Å². The first-order valence-corrected chi connectivity index (χ1v) is 7.02. The Morgan fingerprint density at radius 1 is 1.13 bits per heavy atom. The predicted molar refractivity (Wildman–Crippen MR) is 83.8 cm³/mol. The van der Waals surface area contributed by atoms with E-state index in [-0.39, 0.29) is 6.61 Å². The van der Waals surface area contributed by atoms with Crippen LogP contribution in [-0.4, -0.2) is 15.7 Å². The molecule has 1 aromatic heterocycles. The van der Waals surface area contributed by atoms with E-state index in [0.29, 0.717) is 11.1 Å². The normalized spacial score (nSPS) is 10.0. The van der Waals surface area contributed by atoms with Gasteiger partial charge in [-0.2, -0.15) is 10.4 Å². The molecule has 1 heterocycles.